The Morgan fingerprint density at radius 3 is 2.44 bits per heavy atom. The maximum Gasteiger partial charge on any atom is 0.304 e. The molecule has 48 valence electrons. The Morgan fingerprint density at radius 1 is 1.78 bits per heavy atom. The summed E-state index contributed by atoms with van der Waals surface area (Å²) in [4.78, 5) is 10.1. The first-order valence-electron chi connectivity index (χ1n) is 2.88. The van der Waals surface area contributed by atoms with Crippen LogP contribution in [0.2, 0.25) is 0 Å². The van der Waals surface area contributed by atoms with Crippen LogP contribution in [0.5, 0.6) is 0 Å². The predicted molar refractivity (Wildman–Crippen MR) is 32.8 cm³/mol. The first-order chi connectivity index (χ1) is 4.18. The Hall–Kier alpha value is -0.970. The number of carbonyl (C=O) groups is 1. The Balaban J connectivity index is 2.45. The van der Waals surface area contributed by atoms with Gasteiger partial charge in [-0.2, -0.15) is 0 Å². The lowest BCUT2D eigenvalue weighted by molar-refractivity contribution is -0.137. The van der Waals surface area contributed by atoms with E-state index >= 15 is 0 Å². The summed E-state index contributed by atoms with van der Waals surface area (Å²) in [6, 6.07) is 0. The van der Waals surface area contributed by atoms with Gasteiger partial charge in [0.05, 0.1) is 6.42 Å². The fraction of sp³-hybridized carbons (Fsp3) is 0.571. The van der Waals surface area contributed by atoms with Crippen molar-refractivity contribution in [2.75, 3.05) is 0 Å². The highest BCUT2D eigenvalue weighted by molar-refractivity contribution is 5.69. The maximum absolute atomic E-state index is 10.1. The van der Waals surface area contributed by atoms with Crippen molar-refractivity contribution in [1.29, 1.82) is 0 Å². The van der Waals surface area contributed by atoms with E-state index in [1.807, 2.05) is 0 Å². The van der Waals surface area contributed by atoms with Crippen LogP contribution in [0.25, 0.3) is 0 Å². The lowest BCUT2D eigenvalue weighted by Crippen LogP contribution is -2.05. The first-order valence-corrected chi connectivity index (χ1v) is 2.88. The molecule has 0 bridgehead atoms. The highest BCUT2D eigenvalue weighted by Gasteiger charge is 2.42. The van der Waals surface area contributed by atoms with Gasteiger partial charge >= 0.3 is 5.97 Å². The zero-order chi connectivity index (χ0) is 6.91. The van der Waals surface area contributed by atoms with Crippen molar-refractivity contribution in [2.24, 2.45) is 5.41 Å². The summed E-state index contributed by atoms with van der Waals surface area (Å²) in [6.07, 6.45) is 7.02. The van der Waals surface area contributed by atoms with E-state index < -0.39 is 5.97 Å². The third-order valence-electron chi connectivity index (χ3n) is 1.65. The van der Waals surface area contributed by atoms with E-state index in [1.165, 1.54) is 0 Å². The molecule has 0 aromatic heterocycles. The smallest absolute Gasteiger partial charge is 0.304 e. The van der Waals surface area contributed by atoms with Crippen molar-refractivity contribution in [3.8, 4) is 12.3 Å². The van der Waals surface area contributed by atoms with Crippen LogP contribution in [0.3, 0.4) is 0 Å². The molecule has 1 saturated carbocycles. The summed E-state index contributed by atoms with van der Waals surface area (Å²) in [6.45, 7) is 0. The number of hydrogen-bond acceptors (Lipinski definition) is 1. The molecule has 0 aliphatic heterocycles. The van der Waals surface area contributed by atoms with E-state index in [-0.39, 0.29) is 11.8 Å². The second-order valence-electron chi connectivity index (χ2n) is 2.50. The number of terminal acetylenes is 1. The molecule has 2 nitrogen and oxygen atoms in total. The van der Waals surface area contributed by atoms with Crippen molar-refractivity contribution in [3.63, 3.8) is 0 Å². The molecule has 0 unspecified atom stereocenters. The Kier molecular flexibility index (Phi) is 1.21. The van der Waals surface area contributed by atoms with Crippen LogP contribution < -0.4 is 0 Å². The summed E-state index contributed by atoms with van der Waals surface area (Å²) in [5.74, 6) is 1.72. The molecule has 1 aliphatic rings. The van der Waals surface area contributed by atoms with Gasteiger partial charge in [0.2, 0.25) is 0 Å². The van der Waals surface area contributed by atoms with E-state index in [0.717, 1.165) is 12.8 Å². The first kappa shape index (κ1) is 6.15. The van der Waals surface area contributed by atoms with E-state index in [4.69, 9.17) is 11.5 Å². The maximum atomic E-state index is 10.1. The molecule has 1 N–H and O–H groups in total. The lowest BCUT2D eigenvalue weighted by atomic mass is 10.1. The van der Waals surface area contributed by atoms with Crippen molar-refractivity contribution in [2.45, 2.75) is 19.3 Å². The highest BCUT2D eigenvalue weighted by Crippen LogP contribution is 2.47. The minimum atomic E-state index is -0.787. The normalized spacial score (nSPS) is 20.3. The fourth-order valence-electron chi connectivity index (χ4n) is 0.813. The lowest BCUT2D eigenvalue weighted by Gasteiger charge is -1.99. The average Bonchev–Trinajstić information content (AvgIpc) is 2.48. The molecule has 0 heterocycles. The standard InChI is InChI=1S/C7H8O2/c1-2-7(3-4-7)5-6(8)9/h1H,3-5H2,(H,8,9). The molecule has 0 aromatic rings. The summed E-state index contributed by atoms with van der Waals surface area (Å²) in [5, 5.41) is 8.32. The SMILES string of the molecule is C#CC1(CC(=O)O)CC1. The molecule has 1 aliphatic carbocycles. The highest BCUT2D eigenvalue weighted by atomic mass is 16.4. The van der Waals surface area contributed by atoms with Gasteiger partial charge in [-0.1, -0.05) is 5.92 Å². The number of aliphatic carboxylic acids is 1. The molecule has 0 amide bonds. The molecular weight excluding hydrogens is 116 g/mol. The van der Waals surface area contributed by atoms with E-state index in [0.29, 0.717) is 0 Å². The van der Waals surface area contributed by atoms with Crippen molar-refractivity contribution in [1.82, 2.24) is 0 Å². The number of carboxylic acids is 1. The largest absolute Gasteiger partial charge is 0.481 e. The third-order valence-corrected chi connectivity index (χ3v) is 1.65. The van der Waals surface area contributed by atoms with E-state index in [9.17, 15) is 4.79 Å². The minimum absolute atomic E-state index is 0.142. The molecule has 0 spiro atoms. The van der Waals surface area contributed by atoms with Crippen LogP contribution in [0.1, 0.15) is 19.3 Å². The molecule has 1 rings (SSSR count). The van der Waals surface area contributed by atoms with Crippen molar-refractivity contribution >= 4 is 5.97 Å². The van der Waals surface area contributed by atoms with Gasteiger partial charge in [0.15, 0.2) is 0 Å². The van der Waals surface area contributed by atoms with Gasteiger partial charge < -0.3 is 5.11 Å². The molecule has 1 fully saturated rings. The quantitative estimate of drug-likeness (QED) is 0.555. The monoisotopic (exact) mass is 124 g/mol. The van der Waals surface area contributed by atoms with Gasteiger partial charge in [-0.25, -0.2) is 0 Å². The number of rotatable bonds is 2. The average molecular weight is 124 g/mol. The van der Waals surface area contributed by atoms with E-state index in [2.05, 4.69) is 5.92 Å². The molecular formula is C7H8O2. The Bertz CT molecular complexity index is 172. The van der Waals surface area contributed by atoms with E-state index in [1.54, 1.807) is 0 Å². The van der Waals surface area contributed by atoms with Crippen LogP contribution >= 0.6 is 0 Å². The van der Waals surface area contributed by atoms with Crippen molar-refractivity contribution in [3.05, 3.63) is 0 Å². The molecule has 2 heteroatoms. The van der Waals surface area contributed by atoms with Crippen LogP contribution in [-0.4, -0.2) is 11.1 Å². The summed E-state index contributed by atoms with van der Waals surface area (Å²) in [7, 11) is 0. The Labute approximate surface area is 53.9 Å². The Morgan fingerprint density at radius 2 is 2.33 bits per heavy atom. The number of hydrogen-bond donors (Lipinski definition) is 1. The molecule has 9 heavy (non-hydrogen) atoms. The summed E-state index contributed by atoms with van der Waals surface area (Å²) < 4.78 is 0. The predicted octanol–water partition coefficient (Wildman–Crippen LogP) is 0.875. The van der Waals surface area contributed by atoms with Gasteiger partial charge in [-0.15, -0.1) is 6.42 Å². The summed E-state index contributed by atoms with van der Waals surface area (Å²) in [5.41, 5.74) is -0.258. The number of carboxylic acid groups (broad SMARTS) is 1. The van der Waals surface area contributed by atoms with Gasteiger partial charge in [-0.05, 0) is 12.8 Å². The van der Waals surface area contributed by atoms with Gasteiger partial charge in [0.25, 0.3) is 0 Å². The van der Waals surface area contributed by atoms with Gasteiger partial charge in [0, 0.05) is 5.41 Å². The topological polar surface area (TPSA) is 37.3 Å². The second-order valence-corrected chi connectivity index (χ2v) is 2.50. The molecule has 0 atom stereocenters. The van der Waals surface area contributed by atoms with Gasteiger partial charge in [-0.3, -0.25) is 4.79 Å². The molecule has 0 radical (unpaired) electrons. The second kappa shape index (κ2) is 1.77. The minimum Gasteiger partial charge on any atom is -0.481 e. The molecule has 0 saturated heterocycles. The molecule has 0 aromatic carbocycles. The fourth-order valence-corrected chi connectivity index (χ4v) is 0.813. The van der Waals surface area contributed by atoms with Crippen LogP contribution in [0, 0.1) is 17.8 Å². The zero-order valence-electron chi connectivity index (χ0n) is 5.05. The third kappa shape index (κ3) is 1.23. The van der Waals surface area contributed by atoms with Gasteiger partial charge in [0.1, 0.15) is 0 Å². The van der Waals surface area contributed by atoms with Crippen molar-refractivity contribution < 1.29 is 9.90 Å². The summed E-state index contributed by atoms with van der Waals surface area (Å²) >= 11 is 0. The van der Waals surface area contributed by atoms with Crippen LogP contribution in [0.15, 0.2) is 0 Å². The van der Waals surface area contributed by atoms with Crippen LogP contribution in [0.4, 0.5) is 0 Å². The van der Waals surface area contributed by atoms with Crippen LogP contribution in [-0.2, 0) is 4.79 Å². The zero-order valence-corrected chi connectivity index (χ0v) is 5.05.